The maximum absolute atomic E-state index is 11.0. The first kappa shape index (κ1) is 9.04. The summed E-state index contributed by atoms with van der Waals surface area (Å²) in [6.07, 6.45) is 0. The van der Waals surface area contributed by atoms with Gasteiger partial charge in [-0.05, 0) is 18.2 Å². The van der Waals surface area contributed by atoms with E-state index < -0.39 is 10.0 Å². The van der Waals surface area contributed by atoms with Crippen LogP contribution in [-0.2, 0) is 10.0 Å². The van der Waals surface area contributed by atoms with Crippen molar-refractivity contribution in [3.63, 3.8) is 0 Å². The lowest BCUT2D eigenvalue weighted by Gasteiger charge is -1.96. The van der Waals surface area contributed by atoms with Crippen LogP contribution in [0.25, 0.3) is 10.9 Å². The normalized spacial score (nSPS) is 12.1. The second-order valence-electron chi connectivity index (χ2n) is 2.95. The molecule has 1 heterocycles. The number of rotatable bonds is 1. The average Bonchev–Trinajstić information content (AvgIpc) is 2.41. The quantitative estimate of drug-likeness (QED) is 0.643. The number of hydrogen-bond acceptors (Lipinski definition) is 3. The van der Waals surface area contributed by atoms with Gasteiger partial charge in [0.15, 0.2) is 5.88 Å². The third-order valence-electron chi connectivity index (χ3n) is 1.91. The zero-order valence-corrected chi connectivity index (χ0v) is 7.88. The molecule has 0 aliphatic heterocycles. The molecule has 0 atom stereocenters. The number of nitrogens with one attached hydrogen (secondary N) is 1. The maximum atomic E-state index is 11.0. The number of aromatic nitrogens is 1. The number of aromatic hydroxyl groups is 1. The number of hydrogen-bond donors (Lipinski definition) is 3. The molecule has 0 saturated carbocycles. The van der Waals surface area contributed by atoms with Crippen LogP contribution < -0.4 is 5.14 Å². The molecular formula is C8H8N2O3S. The summed E-state index contributed by atoms with van der Waals surface area (Å²) in [6.45, 7) is 0. The van der Waals surface area contributed by atoms with E-state index in [1.54, 1.807) is 6.07 Å². The van der Waals surface area contributed by atoms with E-state index in [9.17, 15) is 8.42 Å². The van der Waals surface area contributed by atoms with Crippen molar-refractivity contribution < 1.29 is 13.5 Å². The summed E-state index contributed by atoms with van der Waals surface area (Å²) in [6, 6.07) is 5.77. The van der Waals surface area contributed by atoms with Gasteiger partial charge in [0.1, 0.15) is 0 Å². The number of H-pyrrole nitrogens is 1. The summed E-state index contributed by atoms with van der Waals surface area (Å²) >= 11 is 0. The zero-order valence-electron chi connectivity index (χ0n) is 7.06. The minimum absolute atomic E-state index is 0.00781. The fourth-order valence-electron chi connectivity index (χ4n) is 1.27. The third-order valence-corrected chi connectivity index (χ3v) is 2.82. The predicted molar refractivity (Wildman–Crippen MR) is 51.3 cm³/mol. The second kappa shape index (κ2) is 2.73. The molecule has 0 saturated heterocycles. The van der Waals surface area contributed by atoms with Crippen LogP contribution in [0, 0.1) is 0 Å². The Morgan fingerprint density at radius 1 is 1.29 bits per heavy atom. The van der Waals surface area contributed by atoms with Gasteiger partial charge in [0.2, 0.25) is 10.0 Å². The molecule has 2 rings (SSSR count). The highest BCUT2D eigenvalue weighted by Crippen LogP contribution is 2.21. The molecule has 14 heavy (non-hydrogen) atoms. The monoisotopic (exact) mass is 212 g/mol. The van der Waals surface area contributed by atoms with Crippen molar-refractivity contribution >= 4 is 20.9 Å². The van der Waals surface area contributed by atoms with E-state index >= 15 is 0 Å². The topological polar surface area (TPSA) is 96.2 Å². The fourth-order valence-corrected chi connectivity index (χ4v) is 1.82. The van der Waals surface area contributed by atoms with Gasteiger partial charge in [-0.2, -0.15) is 0 Å². The summed E-state index contributed by atoms with van der Waals surface area (Å²) in [5.41, 5.74) is 0.662. The third kappa shape index (κ3) is 1.45. The molecule has 6 heteroatoms. The van der Waals surface area contributed by atoms with E-state index in [4.69, 9.17) is 10.2 Å². The minimum Gasteiger partial charge on any atom is -0.495 e. The average molecular weight is 212 g/mol. The molecule has 0 fully saturated rings. The molecule has 0 aliphatic carbocycles. The number of sulfonamides is 1. The van der Waals surface area contributed by atoms with Crippen molar-refractivity contribution in [2.75, 3.05) is 0 Å². The van der Waals surface area contributed by atoms with E-state index in [0.717, 1.165) is 0 Å². The molecule has 5 nitrogen and oxygen atoms in total. The Morgan fingerprint density at radius 3 is 2.64 bits per heavy atom. The minimum atomic E-state index is -3.68. The SMILES string of the molecule is NS(=O)(=O)c1ccc2[nH]c(O)cc2c1. The Labute approximate surface area is 80.2 Å². The van der Waals surface area contributed by atoms with Gasteiger partial charge in [-0.15, -0.1) is 0 Å². The van der Waals surface area contributed by atoms with Crippen molar-refractivity contribution in [2.45, 2.75) is 4.90 Å². The number of aromatic amines is 1. The molecule has 0 aliphatic rings. The Morgan fingerprint density at radius 2 is 2.00 bits per heavy atom. The summed E-state index contributed by atoms with van der Waals surface area (Å²) in [5.74, 6) is -0.00781. The van der Waals surface area contributed by atoms with Gasteiger partial charge < -0.3 is 10.1 Å². The van der Waals surface area contributed by atoms with Crippen LogP contribution >= 0.6 is 0 Å². The van der Waals surface area contributed by atoms with Crippen molar-refractivity contribution in [3.8, 4) is 5.88 Å². The first-order chi connectivity index (χ1) is 6.47. The van der Waals surface area contributed by atoms with Gasteiger partial charge in [-0.25, -0.2) is 13.6 Å². The van der Waals surface area contributed by atoms with E-state index in [2.05, 4.69) is 4.98 Å². The number of nitrogens with two attached hydrogens (primary N) is 1. The van der Waals surface area contributed by atoms with E-state index in [0.29, 0.717) is 10.9 Å². The second-order valence-corrected chi connectivity index (χ2v) is 4.51. The molecule has 0 amide bonds. The van der Waals surface area contributed by atoms with Crippen LogP contribution in [0.3, 0.4) is 0 Å². The van der Waals surface area contributed by atoms with Crippen LogP contribution in [0.2, 0.25) is 0 Å². The highest BCUT2D eigenvalue weighted by Gasteiger charge is 2.09. The van der Waals surface area contributed by atoms with E-state index in [1.807, 2.05) is 0 Å². The van der Waals surface area contributed by atoms with Crippen LogP contribution in [0.4, 0.5) is 0 Å². The van der Waals surface area contributed by atoms with Gasteiger partial charge >= 0.3 is 0 Å². The molecule has 0 radical (unpaired) electrons. The molecule has 0 unspecified atom stereocenters. The Balaban J connectivity index is 2.74. The maximum Gasteiger partial charge on any atom is 0.238 e. The van der Waals surface area contributed by atoms with Gasteiger partial charge in [0.05, 0.1) is 4.90 Å². The van der Waals surface area contributed by atoms with Gasteiger partial charge in [0, 0.05) is 17.0 Å². The van der Waals surface area contributed by atoms with Crippen LogP contribution in [-0.4, -0.2) is 18.5 Å². The largest absolute Gasteiger partial charge is 0.495 e. The zero-order chi connectivity index (χ0) is 10.3. The van der Waals surface area contributed by atoms with Crippen LogP contribution in [0.1, 0.15) is 0 Å². The lowest BCUT2D eigenvalue weighted by molar-refractivity contribution is 0.458. The van der Waals surface area contributed by atoms with Crippen molar-refractivity contribution in [2.24, 2.45) is 5.14 Å². The van der Waals surface area contributed by atoms with Gasteiger partial charge in [-0.1, -0.05) is 0 Å². The lowest BCUT2D eigenvalue weighted by atomic mass is 10.2. The van der Waals surface area contributed by atoms with Gasteiger partial charge in [0.25, 0.3) is 0 Å². The molecule has 0 spiro atoms. The fraction of sp³-hybridized carbons (Fsp3) is 0. The van der Waals surface area contributed by atoms with E-state index in [-0.39, 0.29) is 10.8 Å². The number of fused-ring (bicyclic) bond motifs is 1. The standard InChI is InChI=1S/C8H8N2O3S/c9-14(12,13)6-1-2-7-5(3-6)4-8(11)10-7/h1-4,10-11H,(H2,9,12,13). The molecule has 4 N–H and O–H groups in total. The Bertz CT molecular complexity index is 586. The van der Waals surface area contributed by atoms with Crippen molar-refractivity contribution in [1.82, 2.24) is 4.98 Å². The van der Waals surface area contributed by atoms with Crippen LogP contribution in [0.15, 0.2) is 29.2 Å². The smallest absolute Gasteiger partial charge is 0.238 e. The van der Waals surface area contributed by atoms with E-state index in [1.165, 1.54) is 18.2 Å². The number of primary sulfonamides is 1. The molecule has 2 aromatic rings. The summed E-state index contributed by atoms with van der Waals surface area (Å²) < 4.78 is 22.0. The molecule has 0 bridgehead atoms. The summed E-state index contributed by atoms with van der Waals surface area (Å²) in [5, 5.41) is 14.7. The Kier molecular flexibility index (Phi) is 1.76. The molecular weight excluding hydrogens is 204 g/mol. The highest BCUT2D eigenvalue weighted by molar-refractivity contribution is 7.89. The van der Waals surface area contributed by atoms with Gasteiger partial charge in [-0.3, -0.25) is 0 Å². The predicted octanol–water partition coefficient (Wildman–Crippen LogP) is 0.521. The summed E-state index contributed by atoms with van der Waals surface area (Å²) in [7, 11) is -3.68. The molecule has 1 aromatic heterocycles. The Hall–Kier alpha value is -1.53. The number of benzene rings is 1. The van der Waals surface area contributed by atoms with Crippen molar-refractivity contribution in [1.29, 1.82) is 0 Å². The van der Waals surface area contributed by atoms with Crippen LogP contribution in [0.5, 0.6) is 5.88 Å². The molecule has 1 aromatic carbocycles. The first-order valence-electron chi connectivity index (χ1n) is 3.81. The lowest BCUT2D eigenvalue weighted by Crippen LogP contribution is -2.11. The molecule has 74 valence electrons. The van der Waals surface area contributed by atoms with Crippen molar-refractivity contribution in [3.05, 3.63) is 24.3 Å². The first-order valence-corrected chi connectivity index (χ1v) is 5.36. The summed E-state index contributed by atoms with van der Waals surface area (Å²) in [4.78, 5) is 2.69. The highest BCUT2D eigenvalue weighted by atomic mass is 32.2.